The Labute approximate surface area is 291 Å². The minimum absolute atomic E-state index is 0.0573. The van der Waals surface area contributed by atoms with Gasteiger partial charge in [0.2, 0.25) is 0 Å². The van der Waals surface area contributed by atoms with Crippen LogP contribution in [-0.4, -0.2) is 81.5 Å². The zero-order chi connectivity index (χ0) is 35.4. The molecule has 8 rings (SSSR count). The summed E-state index contributed by atoms with van der Waals surface area (Å²) in [6.07, 6.45) is 3.54. The highest BCUT2D eigenvalue weighted by molar-refractivity contribution is 6.02. The van der Waals surface area contributed by atoms with E-state index in [-0.39, 0.29) is 34.5 Å². The van der Waals surface area contributed by atoms with Crippen LogP contribution in [0.15, 0.2) is 85.2 Å². The van der Waals surface area contributed by atoms with Crippen molar-refractivity contribution in [1.29, 1.82) is 0 Å². The summed E-state index contributed by atoms with van der Waals surface area (Å²) < 4.78 is 24.7. The second-order valence-electron chi connectivity index (χ2n) is 13.0. The summed E-state index contributed by atoms with van der Waals surface area (Å²) in [6.45, 7) is 5.91. The van der Waals surface area contributed by atoms with E-state index < -0.39 is 17.9 Å². The molecule has 258 valence electrons. The molecule has 3 N–H and O–H groups in total. The number of carbonyl (C=O) groups excluding carboxylic acids is 1. The number of hydrogen-bond donors (Lipinski definition) is 3. The van der Waals surface area contributed by atoms with E-state index in [4.69, 9.17) is 9.72 Å². The van der Waals surface area contributed by atoms with Gasteiger partial charge in [-0.2, -0.15) is 0 Å². The fourth-order valence-corrected chi connectivity index (χ4v) is 6.71. The number of fused-ring (bicyclic) bond motifs is 4. The molecular formula is C38H34FN7O5. The number of aromatic nitrogens is 5. The van der Waals surface area contributed by atoms with Gasteiger partial charge in [-0.25, -0.2) is 18.7 Å². The molecule has 3 aromatic carbocycles. The molecule has 1 aliphatic heterocycles. The van der Waals surface area contributed by atoms with Crippen molar-refractivity contribution in [3.05, 3.63) is 102 Å². The summed E-state index contributed by atoms with van der Waals surface area (Å²) in [6, 6.07) is 20.4. The zero-order valence-electron chi connectivity index (χ0n) is 27.9. The van der Waals surface area contributed by atoms with Gasteiger partial charge < -0.3 is 29.4 Å². The average molecular weight is 688 g/mol. The molecule has 1 fully saturated rings. The molecule has 51 heavy (non-hydrogen) atoms. The van der Waals surface area contributed by atoms with Gasteiger partial charge in [-0.1, -0.05) is 43.2 Å². The topological polar surface area (TPSA) is 141 Å². The molecule has 1 aliphatic rings. The van der Waals surface area contributed by atoms with Crippen LogP contribution in [0.2, 0.25) is 0 Å². The maximum atomic E-state index is 15.6. The van der Waals surface area contributed by atoms with Crippen molar-refractivity contribution in [1.82, 2.24) is 33.9 Å². The minimum atomic E-state index is -0.500. The van der Waals surface area contributed by atoms with Crippen LogP contribution >= 0.6 is 0 Å². The van der Waals surface area contributed by atoms with E-state index in [2.05, 4.69) is 15.1 Å². The number of amides is 1. The van der Waals surface area contributed by atoms with Gasteiger partial charge in [0.25, 0.3) is 0 Å². The average Bonchev–Trinajstić information content (AvgIpc) is 3.68. The Hall–Kier alpha value is -6.21. The Morgan fingerprint density at radius 1 is 0.882 bits per heavy atom. The number of pyridine rings is 2. The first-order valence-corrected chi connectivity index (χ1v) is 16.6. The fraction of sp³-hybridized carbons (Fsp3) is 0.211. The number of ether oxygens (including phenoxy) is 1. The summed E-state index contributed by atoms with van der Waals surface area (Å²) in [5.41, 5.74) is 3.91. The number of benzene rings is 3. The van der Waals surface area contributed by atoms with Crippen molar-refractivity contribution in [2.45, 2.75) is 26.3 Å². The minimum Gasteiger partial charge on any atom is -0.508 e. The van der Waals surface area contributed by atoms with Gasteiger partial charge in [0.15, 0.2) is 11.6 Å². The van der Waals surface area contributed by atoms with E-state index in [1.54, 1.807) is 29.2 Å². The molecule has 0 radical (unpaired) electrons. The van der Waals surface area contributed by atoms with Gasteiger partial charge in [-0.3, -0.25) is 4.90 Å². The summed E-state index contributed by atoms with van der Waals surface area (Å²) in [4.78, 5) is 21.9. The van der Waals surface area contributed by atoms with Crippen molar-refractivity contribution < 1.29 is 29.2 Å². The predicted molar refractivity (Wildman–Crippen MR) is 189 cm³/mol. The standard InChI is InChI=1S/C38H34FN7O5/c1-22(2)27-18-28(32(48)19-31(27)47)36-41-42-37(49)46(36)26-10-9-24(29(39)17-26)20-43-12-14-44(15-13-43)38(50)51-33-8-5-6-23-16-25-21-45-11-4-3-7-30(45)34(25)40-35(23)33/h3-11,16-19,21-22,47-48H,12-15,20H2,1-2H3,(H,42,49). The number of rotatable bonds is 6. The second-order valence-corrected chi connectivity index (χ2v) is 13.0. The molecule has 5 heterocycles. The van der Waals surface area contributed by atoms with E-state index >= 15 is 4.39 Å². The number of phenolic OH excluding ortho intramolecular Hbond substituents is 2. The van der Waals surface area contributed by atoms with Crippen LogP contribution in [0.4, 0.5) is 9.18 Å². The molecule has 0 spiro atoms. The lowest BCUT2D eigenvalue weighted by Gasteiger charge is -2.34. The van der Waals surface area contributed by atoms with E-state index in [0.29, 0.717) is 55.1 Å². The molecule has 1 saturated heterocycles. The smallest absolute Gasteiger partial charge is 0.415 e. The Morgan fingerprint density at radius 2 is 1.71 bits per heavy atom. The highest BCUT2D eigenvalue weighted by atomic mass is 19.1. The SMILES string of the molecule is CC(C)c1cc(-c2nnc(O)n2-c2ccc(CN3CCN(C(=O)Oc4cccc5cc6cn7ccccc7c6nc45)CC3)c(F)c2)c(O)cc1O. The third kappa shape index (κ3) is 5.80. The highest BCUT2D eigenvalue weighted by Gasteiger charge is 2.25. The number of nitrogens with zero attached hydrogens (tertiary/aromatic N) is 7. The van der Waals surface area contributed by atoms with Crippen LogP contribution in [-0.2, 0) is 6.54 Å². The van der Waals surface area contributed by atoms with Crippen molar-refractivity contribution >= 4 is 33.4 Å². The first-order valence-electron chi connectivity index (χ1n) is 16.6. The summed E-state index contributed by atoms with van der Waals surface area (Å²) >= 11 is 0. The number of carbonyl (C=O) groups is 1. The molecule has 4 aromatic heterocycles. The number of aromatic hydroxyl groups is 3. The normalized spacial score (nSPS) is 13.9. The Bertz CT molecular complexity index is 2470. The maximum Gasteiger partial charge on any atom is 0.415 e. The third-order valence-corrected chi connectivity index (χ3v) is 9.42. The largest absolute Gasteiger partial charge is 0.508 e. The quantitative estimate of drug-likeness (QED) is 0.177. The first-order chi connectivity index (χ1) is 24.6. The third-order valence-electron chi connectivity index (χ3n) is 9.42. The fourth-order valence-electron chi connectivity index (χ4n) is 6.71. The Balaban J connectivity index is 0.949. The monoisotopic (exact) mass is 687 g/mol. The zero-order valence-corrected chi connectivity index (χ0v) is 27.9. The van der Waals surface area contributed by atoms with E-state index in [0.717, 1.165) is 21.8 Å². The number of para-hydroxylation sites is 1. The molecule has 0 bridgehead atoms. The summed E-state index contributed by atoms with van der Waals surface area (Å²) in [5, 5.41) is 41.1. The number of hydrogen-bond acceptors (Lipinski definition) is 9. The lowest BCUT2D eigenvalue weighted by Crippen LogP contribution is -2.49. The van der Waals surface area contributed by atoms with Gasteiger partial charge in [-0.15, -0.1) is 5.10 Å². The van der Waals surface area contributed by atoms with Crippen LogP contribution in [0, 0.1) is 5.82 Å². The van der Waals surface area contributed by atoms with Gasteiger partial charge in [0.05, 0.1) is 22.3 Å². The number of halogens is 1. The molecule has 12 nitrogen and oxygen atoms in total. The lowest BCUT2D eigenvalue weighted by molar-refractivity contribution is 0.107. The van der Waals surface area contributed by atoms with Crippen LogP contribution in [0.3, 0.4) is 0 Å². The maximum absolute atomic E-state index is 15.6. The van der Waals surface area contributed by atoms with Gasteiger partial charge in [-0.05, 0) is 53.9 Å². The van der Waals surface area contributed by atoms with E-state index in [1.807, 2.05) is 67.0 Å². The Kier molecular flexibility index (Phi) is 7.91. The second kappa shape index (κ2) is 12.6. The van der Waals surface area contributed by atoms with Crippen LogP contribution < -0.4 is 4.74 Å². The Morgan fingerprint density at radius 3 is 2.49 bits per heavy atom. The van der Waals surface area contributed by atoms with Crippen molar-refractivity contribution in [2.75, 3.05) is 26.2 Å². The van der Waals surface area contributed by atoms with Crippen LogP contribution in [0.25, 0.3) is 44.4 Å². The molecule has 0 saturated carbocycles. The lowest BCUT2D eigenvalue weighted by atomic mass is 9.98. The van der Waals surface area contributed by atoms with Crippen molar-refractivity contribution in [3.63, 3.8) is 0 Å². The molecule has 1 amide bonds. The highest BCUT2D eigenvalue weighted by Crippen LogP contribution is 2.39. The molecular weight excluding hydrogens is 653 g/mol. The molecule has 7 aromatic rings. The molecule has 13 heteroatoms. The summed E-state index contributed by atoms with van der Waals surface area (Å²) in [7, 11) is 0. The van der Waals surface area contributed by atoms with Gasteiger partial charge in [0.1, 0.15) is 22.8 Å². The molecule has 0 aliphatic carbocycles. The van der Waals surface area contributed by atoms with E-state index in [9.17, 15) is 20.1 Å². The van der Waals surface area contributed by atoms with E-state index in [1.165, 1.54) is 16.7 Å². The van der Waals surface area contributed by atoms with Gasteiger partial charge in [0, 0.05) is 67.5 Å². The molecule has 0 unspecified atom stereocenters. The summed E-state index contributed by atoms with van der Waals surface area (Å²) in [5.74, 6) is -0.398. The van der Waals surface area contributed by atoms with Crippen LogP contribution in [0.1, 0.15) is 30.9 Å². The van der Waals surface area contributed by atoms with Gasteiger partial charge >= 0.3 is 12.1 Å². The first kappa shape index (κ1) is 32.0. The van der Waals surface area contributed by atoms with Crippen molar-refractivity contribution in [2.24, 2.45) is 0 Å². The number of piperazine rings is 1. The van der Waals surface area contributed by atoms with Crippen molar-refractivity contribution in [3.8, 4) is 40.3 Å². The molecule has 0 atom stereocenters. The number of phenols is 2. The predicted octanol–water partition coefficient (Wildman–Crippen LogP) is 6.58. The van der Waals surface area contributed by atoms with Crippen LogP contribution in [0.5, 0.6) is 23.3 Å².